The summed E-state index contributed by atoms with van der Waals surface area (Å²) in [6, 6.07) is 10.6. The lowest BCUT2D eigenvalue weighted by molar-refractivity contribution is -0.111. The van der Waals surface area contributed by atoms with E-state index in [9.17, 15) is 13.2 Å². The van der Waals surface area contributed by atoms with Gasteiger partial charge >= 0.3 is 0 Å². The summed E-state index contributed by atoms with van der Waals surface area (Å²) in [6.45, 7) is 1.83. The van der Waals surface area contributed by atoms with E-state index in [0.29, 0.717) is 17.1 Å². The molecule has 0 saturated carbocycles. The molecule has 0 fully saturated rings. The average molecular weight is 407 g/mol. The van der Waals surface area contributed by atoms with E-state index < -0.39 is 10.0 Å². The molecule has 0 unspecified atom stereocenters. The molecule has 0 spiro atoms. The molecule has 2 aromatic rings. The Bertz CT molecular complexity index is 968. The zero-order valence-electron chi connectivity index (χ0n) is 14.8. The second kappa shape index (κ2) is 9.25. The molecule has 1 amide bonds. The number of carbonyl (C=O) groups excluding carboxylic acids is 1. The molecular formula is C19H19ClN2O4S. The monoisotopic (exact) mass is 406 g/mol. The molecule has 0 heterocycles. The maximum absolute atomic E-state index is 12.7. The van der Waals surface area contributed by atoms with E-state index in [-0.39, 0.29) is 15.8 Å². The molecule has 0 saturated heterocycles. The van der Waals surface area contributed by atoms with Gasteiger partial charge in [-0.15, -0.1) is 0 Å². The number of ether oxygens (including phenoxy) is 1. The minimum atomic E-state index is -3.95. The number of nitrogens with one attached hydrogen (secondary N) is 2. The summed E-state index contributed by atoms with van der Waals surface area (Å²) in [5.74, 6) is 0.216. The molecule has 6 nitrogen and oxygen atoms in total. The molecule has 2 N–H and O–H groups in total. The number of carbonyl (C=O) groups is 1. The largest absolute Gasteiger partial charge is 0.497 e. The Balaban J connectivity index is 2.23. The SMILES string of the molecule is CC=CC=CC(=O)Nc1ccc(Cl)c(S(=O)(=O)Nc2ccc(OC)cc2)c1. The van der Waals surface area contributed by atoms with Crippen molar-refractivity contribution >= 4 is 38.9 Å². The summed E-state index contributed by atoms with van der Waals surface area (Å²) in [4.78, 5) is 11.7. The summed E-state index contributed by atoms with van der Waals surface area (Å²) >= 11 is 6.06. The van der Waals surface area contributed by atoms with Gasteiger partial charge in [0.2, 0.25) is 5.91 Å². The van der Waals surface area contributed by atoms with E-state index in [4.69, 9.17) is 16.3 Å². The van der Waals surface area contributed by atoms with Crippen molar-refractivity contribution in [1.29, 1.82) is 0 Å². The Morgan fingerprint density at radius 1 is 1.07 bits per heavy atom. The first-order valence-corrected chi connectivity index (χ1v) is 9.78. The third kappa shape index (κ3) is 5.87. The number of amides is 1. The van der Waals surface area contributed by atoms with Gasteiger partial charge in [0, 0.05) is 17.5 Å². The van der Waals surface area contributed by atoms with Gasteiger partial charge in [0.25, 0.3) is 10.0 Å². The molecule has 142 valence electrons. The van der Waals surface area contributed by atoms with Crippen LogP contribution in [0.2, 0.25) is 5.02 Å². The smallest absolute Gasteiger partial charge is 0.263 e. The van der Waals surface area contributed by atoms with Crippen molar-refractivity contribution in [3.8, 4) is 5.75 Å². The van der Waals surface area contributed by atoms with Crippen molar-refractivity contribution in [1.82, 2.24) is 0 Å². The highest BCUT2D eigenvalue weighted by molar-refractivity contribution is 7.92. The lowest BCUT2D eigenvalue weighted by Crippen LogP contribution is -2.14. The fourth-order valence-corrected chi connectivity index (χ4v) is 3.68. The molecule has 0 aliphatic carbocycles. The molecule has 0 aliphatic rings. The number of anilines is 2. The highest BCUT2D eigenvalue weighted by atomic mass is 35.5. The number of sulfonamides is 1. The van der Waals surface area contributed by atoms with Gasteiger partial charge in [0.1, 0.15) is 10.6 Å². The average Bonchev–Trinajstić information content (AvgIpc) is 2.64. The highest BCUT2D eigenvalue weighted by Gasteiger charge is 2.19. The van der Waals surface area contributed by atoms with Gasteiger partial charge < -0.3 is 10.1 Å². The Labute approximate surface area is 163 Å². The fourth-order valence-electron chi connectivity index (χ4n) is 2.09. The number of halogens is 1. The van der Waals surface area contributed by atoms with Gasteiger partial charge in [0.05, 0.1) is 12.1 Å². The van der Waals surface area contributed by atoms with E-state index in [2.05, 4.69) is 10.0 Å². The van der Waals surface area contributed by atoms with Crippen LogP contribution in [-0.4, -0.2) is 21.4 Å². The van der Waals surface area contributed by atoms with Crippen LogP contribution in [0, 0.1) is 0 Å². The molecule has 2 aromatic carbocycles. The zero-order valence-corrected chi connectivity index (χ0v) is 16.3. The van der Waals surface area contributed by atoms with Gasteiger partial charge in [0.15, 0.2) is 0 Å². The van der Waals surface area contributed by atoms with Crippen molar-refractivity contribution in [2.75, 3.05) is 17.1 Å². The van der Waals surface area contributed by atoms with E-state index in [0.717, 1.165) is 0 Å². The molecule has 0 aliphatic heterocycles. The minimum Gasteiger partial charge on any atom is -0.497 e. The number of benzene rings is 2. The highest BCUT2D eigenvalue weighted by Crippen LogP contribution is 2.27. The predicted octanol–water partition coefficient (Wildman–Crippen LogP) is 4.22. The van der Waals surface area contributed by atoms with E-state index in [1.165, 1.54) is 31.4 Å². The predicted molar refractivity (Wildman–Crippen MR) is 108 cm³/mol. The quantitative estimate of drug-likeness (QED) is 0.532. The molecule has 0 radical (unpaired) electrons. The third-order valence-electron chi connectivity index (χ3n) is 3.38. The zero-order chi connectivity index (χ0) is 19.9. The first-order chi connectivity index (χ1) is 12.9. The van der Waals surface area contributed by atoms with Crippen LogP contribution >= 0.6 is 11.6 Å². The molecule has 0 atom stereocenters. The van der Waals surface area contributed by atoms with E-state index >= 15 is 0 Å². The van der Waals surface area contributed by atoms with E-state index in [1.54, 1.807) is 42.5 Å². The maximum Gasteiger partial charge on any atom is 0.263 e. The van der Waals surface area contributed by atoms with Crippen LogP contribution in [0.1, 0.15) is 6.92 Å². The Morgan fingerprint density at radius 3 is 2.37 bits per heavy atom. The topological polar surface area (TPSA) is 84.5 Å². The maximum atomic E-state index is 12.7. The van der Waals surface area contributed by atoms with Gasteiger partial charge in [-0.2, -0.15) is 0 Å². The van der Waals surface area contributed by atoms with Crippen molar-refractivity contribution < 1.29 is 17.9 Å². The minimum absolute atomic E-state index is 0.0402. The van der Waals surface area contributed by atoms with Crippen molar-refractivity contribution in [2.45, 2.75) is 11.8 Å². The molecule has 2 rings (SSSR count). The Kier molecular flexibility index (Phi) is 7.04. The lowest BCUT2D eigenvalue weighted by Gasteiger charge is -2.12. The first kappa shape index (κ1) is 20.5. The van der Waals surface area contributed by atoms with Crippen LogP contribution in [0.4, 0.5) is 11.4 Å². The summed E-state index contributed by atoms with van der Waals surface area (Å²) in [5, 5.41) is 2.63. The number of rotatable bonds is 7. The number of allylic oxidation sites excluding steroid dienone is 3. The van der Waals surface area contributed by atoms with Crippen LogP contribution in [0.15, 0.2) is 71.7 Å². The van der Waals surface area contributed by atoms with E-state index in [1.807, 2.05) is 6.92 Å². The van der Waals surface area contributed by atoms with Crippen LogP contribution in [0.5, 0.6) is 5.75 Å². The lowest BCUT2D eigenvalue weighted by atomic mass is 10.3. The summed E-state index contributed by atoms with van der Waals surface area (Å²) < 4.78 is 32.8. The van der Waals surface area contributed by atoms with Crippen LogP contribution in [0.3, 0.4) is 0 Å². The van der Waals surface area contributed by atoms with Crippen LogP contribution in [0.25, 0.3) is 0 Å². The summed E-state index contributed by atoms with van der Waals surface area (Å²) in [7, 11) is -2.43. The number of methoxy groups -OCH3 is 1. The molecule has 0 bridgehead atoms. The molecular weight excluding hydrogens is 388 g/mol. The second-order valence-corrected chi connectivity index (χ2v) is 7.41. The summed E-state index contributed by atoms with van der Waals surface area (Å²) in [6.07, 6.45) is 6.39. The third-order valence-corrected chi connectivity index (χ3v) is 5.24. The van der Waals surface area contributed by atoms with Crippen LogP contribution < -0.4 is 14.8 Å². The first-order valence-electron chi connectivity index (χ1n) is 7.92. The normalized spacial score (nSPS) is 11.7. The summed E-state index contributed by atoms with van der Waals surface area (Å²) in [5.41, 5.74) is 0.667. The van der Waals surface area contributed by atoms with Gasteiger partial charge in [-0.1, -0.05) is 29.8 Å². The molecule has 0 aromatic heterocycles. The number of hydrogen-bond donors (Lipinski definition) is 2. The Morgan fingerprint density at radius 2 is 1.74 bits per heavy atom. The molecule has 8 heteroatoms. The van der Waals surface area contributed by atoms with Crippen molar-refractivity contribution in [3.05, 3.63) is 71.8 Å². The second-order valence-electron chi connectivity index (χ2n) is 5.35. The van der Waals surface area contributed by atoms with Gasteiger partial charge in [-0.05, 0) is 49.4 Å². The van der Waals surface area contributed by atoms with Gasteiger partial charge in [-0.25, -0.2) is 8.42 Å². The van der Waals surface area contributed by atoms with Crippen molar-refractivity contribution in [2.24, 2.45) is 0 Å². The van der Waals surface area contributed by atoms with Crippen molar-refractivity contribution in [3.63, 3.8) is 0 Å². The Hall–Kier alpha value is -2.77. The standard InChI is InChI=1S/C19H19ClN2O4S/c1-3-4-5-6-19(23)21-15-9-12-17(20)18(13-15)27(24,25)22-14-7-10-16(26-2)11-8-14/h3-13,22H,1-2H3,(H,21,23). The fraction of sp³-hybridized carbons (Fsp3) is 0.105. The number of hydrogen-bond acceptors (Lipinski definition) is 4. The van der Waals surface area contributed by atoms with Gasteiger partial charge in [-0.3, -0.25) is 9.52 Å². The molecule has 27 heavy (non-hydrogen) atoms. The van der Waals surface area contributed by atoms with Crippen LogP contribution in [-0.2, 0) is 14.8 Å².